The Hall–Kier alpha value is -2.66. The number of hydrogen-bond donors (Lipinski definition) is 1. The number of fused-ring (bicyclic) bond motifs is 2. The maximum absolute atomic E-state index is 12.6. The van der Waals surface area contributed by atoms with Gasteiger partial charge in [0.05, 0.1) is 20.9 Å². The van der Waals surface area contributed by atoms with Crippen molar-refractivity contribution in [2.75, 3.05) is 17.7 Å². The molecular formula is C21H19F3N2O4S2. The fourth-order valence-corrected chi connectivity index (χ4v) is 5.68. The molecule has 0 bridgehead atoms. The third-order valence-electron chi connectivity index (χ3n) is 5.04. The number of carbonyl (C=O) groups excluding carboxylic acids is 1. The van der Waals surface area contributed by atoms with Gasteiger partial charge in [0.1, 0.15) is 5.75 Å². The number of amides is 1. The SMILES string of the molecule is O=C(CCS(=O)(=O)c1ccc2c(c1)CCC2)Nc1nc2ccc(OCC(F)(F)F)cc2s1. The number of benzene rings is 2. The number of rotatable bonds is 7. The Morgan fingerprint density at radius 1 is 1.12 bits per heavy atom. The zero-order valence-electron chi connectivity index (χ0n) is 16.7. The fraction of sp³-hybridized carbons (Fsp3) is 0.333. The molecule has 4 rings (SSSR count). The van der Waals surface area contributed by atoms with Crippen LogP contribution >= 0.6 is 11.3 Å². The number of nitrogens with one attached hydrogen (secondary N) is 1. The van der Waals surface area contributed by atoms with Crippen LogP contribution in [0, 0.1) is 0 Å². The van der Waals surface area contributed by atoms with Gasteiger partial charge in [-0.25, -0.2) is 13.4 Å². The Labute approximate surface area is 186 Å². The number of halogens is 3. The molecule has 11 heteroatoms. The molecule has 0 aliphatic heterocycles. The highest BCUT2D eigenvalue weighted by molar-refractivity contribution is 7.91. The molecule has 1 aliphatic carbocycles. The lowest BCUT2D eigenvalue weighted by molar-refractivity contribution is -0.153. The highest BCUT2D eigenvalue weighted by atomic mass is 32.2. The molecule has 0 unspecified atom stereocenters. The number of sulfone groups is 1. The van der Waals surface area contributed by atoms with E-state index >= 15 is 0 Å². The van der Waals surface area contributed by atoms with Crippen molar-refractivity contribution in [1.82, 2.24) is 4.98 Å². The summed E-state index contributed by atoms with van der Waals surface area (Å²) in [5, 5.41) is 2.79. The van der Waals surface area contributed by atoms with Gasteiger partial charge in [0.25, 0.3) is 0 Å². The average molecular weight is 485 g/mol. The standard InChI is InChI=1S/C21H19F3N2O4S2/c22-21(23,24)12-30-15-5-7-17-18(11-15)31-20(25-17)26-19(27)8-9-32(28,29)16-6-4-13-2-1-3-14(13)10-16/h4-7,10-11H,1-3,8-9,12H2,(H,25,26,27). The first-order valence-electron chi connectivity index (χ1n) is 9.84. The van der Waals surface area contributed by atoms with Crippen molar-refractivity contribution >= 4 is 42.4 Å². The van der Waals surface area contributed by atoms with E-state index in [-0.39, 0.29) is 28.0 Å². The van der Waals surface area contributed by atoms with E-state index in [4.69, 9.17) is 4.74 Å². The van der Waals surface area contributed by atoms with Crippen LogP contribution in [0.2, 0.25) is 0 Å². The van der Waals surface area contributed by atoms with Crippen LogP contribution in [0.1, 0.15) is 24.0 Å². The maximum Gasteiger partial charge on any atom is 0.422 e. The van der Waals surface area contributed by atoms with E-state index in [1.54, 1.807) is 12.1 Å². The molecule has 0 saturated carbocycles. The van der Waals surface area contributed by atoms with E-state index in [0.717, 1.165) is 36.2 Å². The predicted molar refractivity (Wildman–Crippen MR) is 115 cm³/mol. The highest BCUT2D eigenvalue weighted by Crippen LogP contribution is 2.30. The minimum atomic E-state index is -4.44. The molecule has 3 aromatic rings. The number of aromatic nitrogens is 1. The zero-order chi connectivity index (χ0) is 22.9. The maximum atomic E-state index is 12.6. The summed E-state index contributed by atoms with van der Waals surface area (Å²) < 4.78 is 67.4. The molecule has 1 aliphatic rings. The van der Waals surface area contributed by atoms with Gasteiger partial charge in [0.15, 0.2) is 21.6 Å². The van der Waals surface area contributed by atoms with Gasteiger partial charge in [-0.1, -0.05) is 17.4 Å². The van der Waals surface area contributed by atoms with Crippen LogP contribution in [0.4, 0.5) is 18.3 Å². The zero-order valence-corrected chi connectivity index (χ0v) is 18.4. The van der Waals surface area contributed by atoms with Crippen molar-refractivity contribution in [1.29, 1.82) is 0 Å². The van der Waals surface area contributed by atoms with Crippen LogP contribution < -0.4 is 10.1 Å². The van der Waals surface area contributed by atoms with Gasteiger partial charge in [-0.05, 0) is 60.7 Å². The lowest BCUT2D eigenvalue weighted by Crippen LogP contribution is -2.19. The van der Waals surface area contributed by atoms with E-state index in [2.05, 4.69) is 10.3 Å². The van der Waals surface area contributed by atoms with E-state index < -0.39 is 28.5 Å². The molecule has 2 aromatic carbocycles. The van der Waals surface area contributed by atoms with E-state index in [9.17, 15) is 26.4 Å². The van der Waals surface area contributed by atoms with Crippen LogP contribution in [-0.4, -0.2) is 37.8 Å². The summed E-state index contributed by atoms with van der Waals surface area (Å²) >= 11 is 1.06. The van der Waals surface area contributed by atoms with Crippen LogP contribution in [0.15, 0.2) is 41.3 Å². The summed E-state index contributed by atoms with van der Waals surface area (Å²) in [6.45, 7) is -1.40. The van der Waals surface area contributed by atoms with Gasteiger partial charge in [-0.3, -0.25) is 4.79 Å². The third-order valence-corrected chi connectivity index (χ3v) is 7.68. The number of hydrogen-bond acceptors (Lipinski definition) is 6. The molecule has 1 aromatic heterocycles. The van der Waals surface area contributed by atoms with E-state index in [1.165, 1.54) is 23.8 Å². The van der Waals surface area contributed by atoms with Crippen molar-refractivity contribution < 1.29 is 31.1 Å². The summed E-state index contributed by atoms with van der Waals surface area (Å²) in [5.41, 5.74) is 2.70. The average Bonchev–Trinajstić information content (AvgIpc) is 3.35. The number of anilines is 1. The number of thiazole rings is 1. The Kier molecular flexibility index (Phi) is 6.13. The normalized spacial score (nSPS) is 13.8. The Morgan fingerprint density at radius 3 is 2.69 bits per heavy atom. The van der Waals surface area contributed by atoms with Crippen LogP contribution in [-0.2, 0) is 27.5 Å². The monoisotopic (exact) mass is 484 g/mol. The second-order valence-corrected chi connectivity index (χ2v) is 10.6. The molecule has 0 radical (unpaired) electrons. The molecule has 0 fully saturated rings. The Morgan fingerprint density at radius 2 is 1.91 bits per heavy atom. The predicted octanol–water partition coefficient (Wildman–Crippen LogP) is 4.53. The van der Waals surface area contributed by atoms with Gasteiger partial charge in [0.2, 0.25) is 5.91 Å². The van der Waals surface area contributed by atoms with E-state index in [1.807, 2.05) is 6.07 Å². The third kappa shape index (κ3) is 5.39. The van der Waals surface area contributed by atoms with Gasteiger partial charge < -0.3 is 10.1 Å². The van der Waals surface area contributed by atoms with Crippen molar-refractivity contribution in [2.24, 2.45) is 0 Å². The first-order chi connectivity index (χ1) is 15.1. The first-order valence-corrected chi connectivity index (χ1v) is 12.3. The summed E-state index contributed by atoms with van der Waals surface area (Å²) in [5.74, 6) is -0.808. The molecular weight excluding hydrogens is 465 g/mol. The number of carbonyl (C=O) groups is 1. The largest absolute Gasteiger partial charge is 0.484 e. The minimum absolute atomic E-state index is 0.0387. The summed E-state index contributed by atoms with van der Waals surface area (Å²) in [6.07, 6.45) is -1.85. The number of ether oxygens (including phenoxy) is 1. The van der Waals surface area contributed by atoms with Crippen LogP contribution in [0.3, 0.4) is 0 Å². The second-order valence-electron chi connectivity index (χ2n) is 7.45. The molecule has 170 valence electrons. The number of nitrogens with zero attached hydrogens (tertiary/aromatic N) is 1. The lowest BCUT2D eigenvalue weighted by Gasteiger charge is -2.08. The summed E-state index contributed by atoms with van der Waals surface area (Å²) in [7, 11) is -3.60. The molecule has 32 heavy (non-hydrogen) atoms. The smallest absolute Gasteiger partial charge is 0.422 e. The molecule has 6 nitrogen and oxygen atoms in total. The van der Waals surface area contributed by atoms with E-state index in [0.29, 0.717) is 10.2 Å². The molecule has 0 saturated heterocycles. The minimum Gasteiger partial charge on any atom is -0.484 e. The van der Waals surface area contributed by atoms with Crippen LogP contribution in [0.5, 0.6) is 5.75 Å². The van der Waals surface area contributed by atoms with Crippen LogP contribution in [0.25, 0.3) is 10.2 Å². The van der Waals surface area contributed by atoms with Gasteiger partial charge in [0, 0.05) is 6.42 Å². The summed E-state index contributed by atoms with van der Waals surface area (Å²) in [4.78, 5) is 16.7. The number of aryl methyl sites for hydroxylation is 2. The fourth-order valence-electron chi connectivity index (χ4n) is 3.48. The molecule has 1 amide bonds. The number of alkyl halides is 3. The summed E-state index contributed by atoms with van der Waals surface area (Å²) in [6, 6.07) is 9.38. The van der Waals surface area contributed by atoms with Crippen molar-refractivity contribution in [3.8, 4) is 5.75 Å². The van der Waals surface area contributed by atoms with Gasteiger partial charge >= 0.3 is 6.18 Å². The molecule has 1 heterocycles. The highest BCUT2D eigenvalue weighted by Gasteiger charge is 2.28. The van der Waals surface area contributed by atoms with Gasteiger partial charge in [-0.15, -0.1) is 0 Å². The van der Waals surface area contributed by atoms with Crippen molar-refractivity contribution in [2.45, 2.75) is 36.8 Å². The van der Waals surface area contributed by atoms with Crippen molar-refractivity contribution in [3.63, 3.8) is 0 Å². The first kappa shape index (κ1) is 22.5. The van der Waals surface area contributed by atoms with Crippen molar-refractivity contribution in [3.05, 3.63) is 47.5 Å². The molecule has 0 spiro atoms. The topological polar surface area (TPSA) is 85.4 Å². The Bertz CT molecular complexity index is 1270. The van der Waals surface area contributed by atoms with Gasteiger partial charge in [-0.2, -0.15) is 13.2 Å². The quantitative estimate of drug-likeness (QED) is 0.533. The Balaban J connectivity index is 1.37. The molecule has 1 N–H and O–H groups in total. The molecule has 0 atom stereocenters. The second kappa shape index (κ2) is 8.70. The lowest BCUT2D eigenvalue weighted by atomic mass is 10.1.